The average Bonchev–Trinajstić information content (AvgIpc) is 3.46. The number of benzene rings is 1. The Bertz CT molecular complexity index is 934. The van der Waals surface area contributed by atoms with Crippen LogP contribution in [0.15, 0.2) is 36.5 Å². The molecule has 4 rings (SSSR count). The first-order valence-corrected chi connectivity index (χ1v) is 11.1. The molecule has 2 aliphatic rings. The normalized spacial score (nSPS) is 19.8. The fourth-order valence-electron chi connectivity index (χ4n) is 4.22. The molecule has 0 saturated carbocycles. The monoisotopic (exact) mass is 424 g/mol. The summed E-state index contributed by atoms with van der Waals surface area (Å²) in [5.41, 5.74) is 2.36. The molecule has 0 bridgehead atoms. The number of rotatable bonds is 5. The molecule has 31 heavy (non-hydrogen) atoms. The quantitative estimate of drug-likeness (QED) is 0.798. The first-order valence-electron chi connectivity index (χ1n) is 11.1. The molecule has 1 aromatic carbocycles. The number of anilines is 2. The van der Waals surface area contributed by atoms with E-state index in [1.165, 1.54) is 12.8 Å². The van der Waals surface area contributed by atoms with Crippen LogP contribution in [0, 0.1) is 0 Å². The van der Waals surface area contributed by atoms with Crippen molar-refractivity contribution < 1.29 is 9.59 Å². The van der Waals surface area contributed by atoms with E-state index in [1.807, 2.05) is 50.2 Å². The Morgan fingerprint density at radius 1 is 1.10 bits per heavy atom. The summed E-state index contributed by atoms with van der Waals surface area (Å²) in [7, 11) is 1.93. The molecule has 1 aromatic heterocycles. The van der Waals surface area contributed by atoms with Crippen molar-refractivity contribution in [2.45, 2.75) is 38.8 Å². The van der Waals surface area contributed by atoms with E-state index < -0.39 is 6.04 Å². The zero-order valence-electron chi connectivity index (χ0n) is 18.6. The lowest BCUT2D eigenvalue weighted by Gasteiger charge is -2.38. The molecule has 8 heteroatoms. The molecule has 0 spiro atoms. The Labute approximate surface area is 183 Å². The molecular formula is C23H32N6O2. The number of aromatic nitrogens is 2. The van der Waals surface area contributed by atoms with Crippen molar-refractivity contribution in [3.63, 3.8) is 0 Å². The Hall–Kier alpha value is -2.87. The fraction of sp³-hybridized carbons (Fsp3) is 0.522. The van der Waals surface area contributed by atoms with Gasteiger partial charge in [0.1, 0.15) is 11.7 Å². The van der Waals surface area contributed by atoms with Crippen molar-refractivity contribution in [1.82, 2.24) is 19.6 Å². The van der Waals surface area contributed by atoms with Crippen LogP contribution in [0.25, 0.3) is 0 Å². The Kier molecular flexibility index (Phi) is 6.27. The smallest absolute Gasteiger partial charge is 0.274 e. The summed E-state index contributed by atoms with van der Waals surface area (Å²) < 4.78 is 1.78. The summed E-state index contributed by atoms with van der Waals surface area (Å²) >= 11 is 0. The van der Waals surface area contributed by atoms with Crippen LogP contribution in [0.1, 0.15) is 43.2 Å². The number of nitrogens with zero attached hydrogens (tertiary/aromatic N) is 5. The van der Waals surface area contributed by atoms with E-state index in [0.29, 0.717) is 25.3 Å². The number of hydrogen-bond acceptors (Lipinski definition) is 5. The van der Waals surface area contributed by atoms with E-state index in [1.54, 1.807) is 15.6 Å². The Balaban J connectivity index is 1.42. The van der Waals surface area contributed by atoms with Crippen molar-refractivity contribution in [2.75, 3.05) is 50.0 Å². The van der Waals surface area contributed by atoms with E-state index in [0.717, 1.165) is 24.5 Å². The van der Waals surface area contributed by atoms with Crippen LogP contribution in [0.3, 0.4) is 0 Å². The van der Waals surface area contributed by atoms with Crippen LogP contribution < -0.4 is 10.2 Å². The number of amides is 2. The predicted octanol–water partition coefficient (Wildman–Crippen LogP) is 2.46. The SMILES string of the molecule is CC(C)n1ccc(C(=O)N2CCN(C)C(C(=O)Nc3cccc(N4CCCC4)c3)C2)n1. The second-order valence-corrected chi connectivity index (χ2v) is 8.76. The minimum atomic E-state index is -0.402. The van der Waals surface area contributed by atoms with Crippen LogP contribution >= 0.6 is 0 Å². The lowest BCUT2D eigenvalue weighted by Crippen LogP contribution is -2.57. The highest BCUT2D eigenvalue weighted by molar-refractivity contribution is 5.97. The predicted molar refractivity (Wildman–Crippen MR) is 121 cm³/mol. The first-order chi connectivity index (χ1) is 14.9. The molecule has 1 unspecified atom stereocenters. The highest BCUT2D eigenvalue weighted by atomic mass is 16.2. The number of nitrogens with one attached hydrogen (secondary N) is 1. The van der Waals surface area contributed by atoms with Crippen LogP contribution in [-0.2, 0) is 4.79 Å². The van der Waals surface area contributed by atoms with Crippen molar-refractivity contribution in [3.8, 4) is 0 Å². The third-order valence-corrected chi connectivity index (χ3v) is 6.18. The third kappa shape index (κ3) is 4.74. The topological polar surface area (TPSA) is 73.7 Å². The summed E-state index contributed by atoms with van der Waals surface area (Å²) in [4.78, 5) is 32.1. The molecule has 8 nitrogen and oxygen atoms in total. The van der Waals surface area contributed by atoms with Crippen LogP contribution in [0.2, 0.25) is 0 Å². The van der Waals surface area contributed by atoms with Gasteiger partial charge in [0.15, 0.2) is 0 Å². The average molecular weight is 425 g/mol. The summed E-state index contributed by atoms with van der Waals surface area (Å²) in [5.74, 6) is -0.215. The summed E-state index contributed by atoms with van der Waals surface area (Å²) in [6.45, 7) is 7.74. The van der Waals surface area contributed by atoms with Crippen molar-refractivity contribution in [1.29, 1.82) is 0 Å². The van der Waals surface area contributed by atoms with Gasteiger partial charge in [0.25, 0.3) is 5.91 Å². The molecule has 2 amide bonds. The van der Waals surface area contributed by atoms with Gasteiger partial charge in [-0.05, 0) is 58.0 Å². The maximum absolute atomic E-state index is 13.1. The molecule has 2 aromatic rings. The van der Waals surface area contributed by atoms with E-state index >= 15 is 0 Å². The number of hydrogen-bond donors (Lipinski definition) is 1. The standard InChI is InChI=1S/C23H32N6O2/c1-17(2)29-12-9-20(25-29)23(31)28-14-13-26(3)21(16-28)22(30)24-18-7-6-8-19(15-18)27-10-4-5-11-27/h6-9,12,15,17,21H,4-5,10-11,13-14,16H2,1-3H3,(H,24,30). The molecular weight excluding hydrogens is 392 g/mol. The van der Waals surface area contributed by atoms with Gasteiger partial charge in [-0.1, -0.05) is 6.07 Å². The zero-order chi connectivity index (χ0) is 22.0. The largest absolute Gasteiger partial charge is 0.371 e. The number of carbonyl (C=O) groups is 2. The number of likely N-dealkylation sites (N-methyl/N-ethyl adjacent to an activating group) is 1. The van der Waals surface area contributed by atoms with Gasteiger partial charge in [0, 0.05) is 56.3 Å². The molecule has 2 fully saturated rings. The number of piperazine rings is 1. The Morgan fingerprint density at radius 3 is 2.58 bits per heavy atom. The van der Waals surface area contributed by atoms with Gasteiger partial charge in [-0.15, -0.1) is 0 Å². The van der Waals surface area contributed by atoms with Crippen LogP contribution in [0.4, 0.5) is 11.4 Å². The fourth-order valence-corrected chi connectivity index (χ4v) is 4.22. The molecule has 166 valence electrons. The van der Waals surface area contributed by atoms with Gasteiger partial charge in [0.2, 0.25) is 5.91 Å². The maximum atomic E-state index is 13.1. The second kappa shape index (κ2) is 9.09. The lowest BCUT2D eigenvalue weighted by atomic mass is 10.1. The van der Waals surface area contributed by atoms with Crippen molar-refractivity contribution >= 4 is 23.2 Å². The van der Waals surface area contributed by atoms with Gasteiger partial charge >= 0.3 is 0 Å². The molecule has 0 aliphatic carbocycles. The Morgan fingerprint density at radius 2 is 1.87 bits per heavy atom. The van der Waals surface area contributed by atoms with E-state index in [2.05, 4.69) is 21.4 Å². The molecule has 1 N–H and O–H groups in total. The first kappa shape index (κ1) is 21.4. The van der Waals surface area contributed by atoms with Gasteiger partial charge < -0.3 is 15.1 Å². The maximum Gasteiger partial charge on any atom is 0.274 e. The lowest BCUT2D eigenvalue weighted by molar-refractivity contribution is -0.122. The van der Waals surface area contributed by atoms with E-state index in [9.17, 15) is 9.59 Å². The molecule has 2 aliphatic heterocycles. The molecule has 0 radical (unpaired) electrons. The number of carbonyl (C=O) groups excluding carboxylic acids is 2. The van der Waals surface area contributed by atoms with Crippen molar-refractivity contribution in [3.05, 3.63) is 42.2 Å². The third-order valence-electron chi connectivity index (χ3n) is 6.18. The summed E-state index contributed by atoms with van der Waals surface area (Å²) in [6.07, 6.45) is 4.25. The van der Waals surface area contributed by atoms with Crippen LogP contribution in [-0.4, -0.2) is 77.2 Å². The minimum absolute atomic E-state index is 0.0914. The van der Waals surface area contributed by atoms with E-state index in [4.69, 9.17) is 0 Å². The van der Waals surface area contributed by atoms with E-state index in [-0.39, 0.29) is 17.9 Å². The van der Waals surface area contributed by atoms with Gasteiger partial charge in [-0.2, -0.15) is 5.10 Å². The highest BCUT2D eigenvalue weighted by Gasteiger charge is 2.33. The van der Waals surface area contributed by atoms with Gasteiger partial charge in [-0.25, -0.2) is 0 Å². The summed E-state index contributed by atoms with van der Waals surface area (Å²) in [6, 6.07) is 9.57. The summed E-state index contributed by atoms with van der Waals surface area (Å²) in [5, 5.41) is 7.45. The molecule has 1 atom stereocenters. The minimum Gasteiger partial charge on any atom is -0.371 e. The molecule has 2 saturated heterocycles. The zero-order valence-corrected chi connectivity index (χ0v) is 18.6. The van der Waals surface area contributed by atoms with Crippen LogP contribution in [0.5, 0.6) is 0 Å². The van der Waals surface area contributed by atoms with Gasteiger partial charge in [-0.3, -0.25) is 19.2 Å². The van der Waals surface area contributed by atoms with Crippen molar-refractivity contribution in [2.24, 2.45) is 0 Å². The van der Waals surface area contributed by atoms with Gasteiger partial charge in [0.05, 0.1) is 0 Å². The highest BCUT2D eigenvalue weighted by Crippen LogP contribution is 2.24. The second-order valence-electron chi connectivity index (χ2n) is 8.76. The molecule has 3 heterocycles.